The van der Waals surface area contributed by atoms with E-state index in [2.05, 4.69) is 65.1 Å². The largest absolute Gasteiger partial charge is 1.00 e. The van der Waals surface area contributed by atoms with Crippen LogP contribution in [0.25, 0.3) is 0 Å². The quantitative estimate of drug-likeness (QED) is 0.294. The normalized spacial score (nSPS) is 14.0. The Labute approximate surface area is 203 Å². The monoisotopic (exact) mass is 606 g/mol. The van der Waals surface area contributed by atoms with E-state index in [4.69, 9.17) is 0 Å². The van der Waals surface area contributed by atoms with Gasteiger partial charge in [0.1, 0.15) is 0 Å². The molecule has 0 atom stereocenters. The molecule has 0 aliphatic heterocycles. The van der Waals surface area contributed by atoms with E-state index in [0.29, 0.717) is 0 Å². The van der Waals surface area contributed by atoms with Crippen LogP contribution in [0.4, 0.5) is 0 Å². The zero-order valence-corrected chi connectivity index (χ0v) is 25.1. The molecule has 0 radical (unpaired) electrons. The number of halogens is 2. The number of rotatable bonds is 8. The van der Waals surface area contributed by atoms with Crippen molar-refractivity contribution in [1.82, 2.24) is 0 Å². The summed E-state index contributed by atoms with van der Waals surface area (Å²) in [4.78, 5) is 0. The first kappa shape index (κ1) is 33.3. The van der Waals surface area contributed by atoms with E-state index in [0.717, 1.165) is 12.8 Å². The third-order valence-corrected chi connectivity index (χ3v) is 4.02. The minimum absolute atomic E-state index is 0. The summed E-state index contributed by atoms with van der Waals surface area (Å²) in [5.74, 6) is 0. The molecule has 0 saturated carbocycles. The van der Waals surface area contributed by atoms with Crippen LogP contribution >= 0.6 is 0 Å². The van der Waals surface area contributed by atoms with Crippen LogP contribution in [0.1, 0.15) is 91.9 Å². The van der Waals surface area contributed by atoms with Gasteiger partial charge < -0.3 is 24.8 Å². The molecule has 0 spiro atoms. The molecule has 0 aromatic carbocycles. The summed E-state index contributed by atoms with van der Waals surface area (Å²) < 4.78 is 0. The van der Waals surface area contributed by atoms with Crippen molar-refractivity contribution in [3.63, 3.8) is 0 Å². The van der Waals surface area contributed by atoms with Crippen LogP contribution in [-0.4, -0.2) is 5.49 Å². The number of allylic oxidation sites excluding steroid dienone is 8. The van der Waals surface area contributed by atoms with Crippen molar-refractivity contribution in [2.24, 2.45) is 0 Å². The molecule has 0 unspecified atom stereocenters. The Hall–Kier alpha value is 0.627. The molecular formula is C24H40Cl2HfSi-2. The van der Waals surface area contributed by atoms with Crippen molar-refractivity contribution in [2.45, 2.75) is 105 Å². The van der Waals surface area contributed by atoms with Gasteiger partial charge in [-0.15, -0.1) is 12.8 Å². The van der Waals surface area contributed by atoms with Gasteiger partial charge in [0.25, 0.3) is 0 Å². The molecule has 0 nitrogen and oxygen atoms in total. The second-order valence-electron chi connectivity index (χ2n) is 7.36. The standard InChI is InChI=1S/2C11H17.C2H6Si.2ClH.Hf/c2*1-3-5-10-7-8-11(9-10)6-4-2;1-3-2;;;/h2*9H,3-7H2,1-2H3;1-2H3;2*1H;/q2*-1;;;;+2/p-2. The molecule has 0 fully saturated rings. The van der Waals surface area contributed by atoms with Crippen LogP contribution in [-0.2, 0) is 23.0 Å². The second-order valence-corrected chi connectivity index (χ2v) is 20.1. The van der Waals surface area contributed by atoms with E-state index in [1.165, 1.54) is 85.5 Å². The van der Waals surface area contributed by atoms with Gasteiger partial charge >= 0.3 is 41.6 Å². The molecule has 28 heavy (non-hydrogen) atoms. The zero-order valence-electron chi connectivity index (χ0n) is 19.0. The smallest absolute Gasteiger partial charge is 1.00 e. The summed E-state index contributed by atoms with van der Waals surface area (Å²) in [6.45, 7) is 13.6. The van der Waals surface area contributed by atoms with Gasteiger partial charge in [0, 0.05) is 0 Å². The Bertz CT molecular complexity index is 485. The molecule has 160 valence electrons. The Morgan fingerprint density at radius 2 is 1.00 bits per heavy atom. The molecule has 0 aromatic heterocycles. The van der Waals surface area contributed by atoms with Crippen molar-refractivity contribution in [3.05, 3.63) is 46.6 Å². The van der Waals surface area contributed by atoms with E-state index < -0.39 is 0 Å². The Kier molecular flexibility index (Phi) is 26.5. The molecule has 0 bridgehead atoms. The molecule has 0 saturated heterocycles. The maximum Gasteiger partial charge on any atom is -1.00 e. The average molecular weight is 606 g/mol. The van der Waals surface area contributed by atoms with E-state index in [9.17, 15) is 0 Å². The molecule has 4 heteroatoms. The van der Waals surface area contributed by atoms with Gasteiger partial charge in [-0.3, -0.25) is 12.2 Å². The fourth-order valence-electron chi connectivity index (χ4n) is 2.97. The zero-order chi connectivity index (χ0) is 19.8. The first-order valence-corrected chi connectivity index (χ1v) is 18.5. The maximum atomic E-state index is 3.42. The summed E-state index contributed by atoms with van der Waals surface area (Å²) in [6.07, 6.45) is 23.7. The van der Waals surface area contributed by atoms with Crippen LogP contribution in [0.5, 0.6) is 0 Å². The van der Waals surface area contributed by atoms with Crippen LogP contribution in [0, 0.1) is 12.2 Å². The van der Waals surface area contributed by atoms with Gasteiger partial charge in [-0.1, -0.05) is 66.2 Å². The van der Waals surface area contributed by atoms with Gasteiger partial charge in [0.2, 0.25) is 0 Å². The predicted molar refractivity (Wildman–Crippen MR) is 116 cm³/mol. The molecule has 2 aliphatic carbocycles. The first-order chi connectivity index (χ1) is 12.5. The maximum absolute atomic E-state index is 3.42. The van der Waals surface area contributed by atoms with Crippen molar-refractivity contribution in [1.29, 1.82) is 0 Å². The summed E-state index contributed by atoms with van der Waals surface area (Å²) in [5, 5.41) is 0. The van der Waals surface area contributed by atoms with Crippen molar-refractivity contribution in [2.75, 3.05) is 0 Å². The molecular weight excluding hydrogens is 566 g/mol. The van der Waals surface area contributed by atoms with Crippen LogP contribution in [0.2, 0.25) is 13.1 Å². The Morgan fingerprint density at radius 3 is 1.25 bits per heavy atom. The van der Waals surface area contributed by atoms with E-state index in [1.54, 1.807) is 11.1 Å². The van der Waals surface area contributed by atoms with Gasteiger partial charge in [-0.05, 0) is 12.8 Å². The van der Waals surface area contributed by atoms with Crippen LogP contribution in [0.3, 0.4) is 0 Å². The van der Waals surface area contributed by atoms with Gasteiger partial charge in [-0.2, -0.15) is 11.1 Å². The fourth-order valence-corrected chi connectivity index (χ4v) is 2.97. The molecule has 2 rings (SSSR count). The minimum Gasteiger partial charge on any atom is -1.00 e. The van der Waals surface area contributed by atoms with E-state index in [1.807, 2.05) is 0 Å². The summed E-state index contributed by atoms with van der Waals surface area (Å²) >= 11 is 1.45. The van der Waals surface area contributed by atoms with Gasteiger partial charge in [0.15, 0.2) is 0 Å². The van der Waals surface area contributed by atoms with Crippen molar-refractivity contribution >= 4 is 5.49 Å². The Balaban J connectivity index is -0.000000355. The Morgan fingerprint density at radius 1 is 0.714 bits per heavy atom. The molecule has 0 amide bonds. The van der Waals surface area contributed by atoms with Crippen molar-refractivity contribution in [3.8, 4) is 0 Å². The first-order valence-electron chi connectivity index (χ1n) is 10.6. The van der Waals surface area contributed by atoms with E-state index >= 15 is 0 Å². The van der Waals surface area contributed by atoms with Crippen LogP contribution in [0.15, 0.2) is 34.4 Å². The molecule has 0 aromatic rings. The average Bonchev–Trinajstić information content (AvgIpc) is 3.19. The summed E-state index contributed by atoms with van der Waals surface area (Å²) in [5.41, 5.74) is 6.30. The predicted octanol–water partition coefficient (Wildman–Crippen LogP) is 2.08. The minimum atomic E-state index is 0. The van der Waals surface area contributed by atoms with Crippen LogP contribution < -0.4 is 24.8 Å². The fraction of sp³-hybridized carbons (Fsp3) is 0.667. The van der Waals surface area contributed by atoms with Gasteiger partial charge in [-0.25, -0.2) is 23.3 Å². The van der Waals surface area contributed by atoms with E-state index in [-0.39, 0.29) is 30.3 Å². The van der Waals surface area contributed by atoms with Crippen molar-refractivity contribution < 1.29 is 47.8 Å². The molecule has 2 aliphatic rings. The number of hydrogen-bond acceptors (Lipinski definition) is 0. The third kappa shape index (κ3) is 18.6. The SMILES string of the molecule is CCCC1=[C-]CC(CCC)=C1.CCCC1=[C-]CC(CCC)=C1.C[Si](C)=[Hf+2].[Cl-].[Cl-]. The molecule has 0 heterocycles. The third-order valence-electron chi connectivity index (χ3n) is 4.02. The summed E-state index contributed by atoms with van der Waals surface area (Å²) in [6, 6.07) is 0. The molecule has 0 N–H and O–H groups in total. The summed E-state index contributed by atoms with van der Waals surface area (Å²) in [7, 11) is 0. The topological polar surface area (TPSA) is 0 Å². The second kappa shape index (κ2) is 22.3. The van der Waals surface area contributed by atoms with Gasteiger partial charge in [0.05, 0.1) is 0 Å². The number of hydrogen-bond donors (Lipinski definition) is 0.